The smallest absolute Gasteiger partial charge is 0.0767 e. The molecule has 3 nitrogen and oxygen atoms in total. The fourth-order valence-electron chi connectivity index (χ4n) is 1.90. The number of rotatable bonds is 7. The highest BCUT2D eigenvalue weighted by Crippen LogP contribution is 2.21. The molecule has 0 aliphatic rings. The predicted octanol–water partition coefficient (Wildman–Crippen LogP) is 3.41. The topological polar surface area (TPSA) is 29.9 Å². The zero-order valence-electron chi connectivity index (χ0n) is 11.4. The van der Waals surface area contributed by atoms with Crippen molar-refractivity contribution in [2.45, 2.75) is 59.0 Å². The summed E-state index contributed by atoms with van der Waals surface area (Å²) in [6.45, 7) is 7.50. The molecule has 98 valence electrons. The first-order valence-electron chi connectivity index (χ1n) is 6.53. The summed E-state index contributed by atoms with van der Waals surface area (Å²) >= 11 is 3.64. The van der Waals surface area contributed by atoms with Crippen LogP contribution >= 0.6 is 15.9 Å². The van der Waals surface area contributed by atoms with Crippen LogP contribution in [0.15, 0.2) is 4.47 Å². The Kier molecular flexibility index (Phi) is 6.20. The average Bonchev–Trinajstić information content (AvgIpc) is 2.59. The lowest BCUT2D eigenvalue weighted by atomic mass is 10.1. The number of halogens is 1. The molecule has 1 aromatic rings. The fourth-order valence-corrected chi connectivity index (χ4v) is 2.65. The molecule has 0 radical (unpaired) electrons. The molecule has 1 unspecified atom stereocenters. The molecule has 1 atom stereocenters. The van der Waals surface area contributed by atoms with Gasteiger partial charge in [-0.2, -0.15) is 5.10 Å². The number of aryl methyl sites for hydroxylation is 2. The van der Waals surface area contributed by atoms with Gasteiger partial charge in [-0.15, -0.1) is 0 Å². The van der Waals surface area contributed by atoms with Crippen molar-refractivity contribution >= 4 is 15.9 Å². The SMILES string of the molecule is CCCCC(C)NCc1c(Br)c(CC)nn1C. The largest absolute Gasteiger partial charge is 0.309 e. The minimum atomic E-state index is 0.571. The molecule has 0 spiro atoms. The van der Waals surface area contributed by atoms with Crippen LogP contribution in [0.25, 0.3) is 0 Å². The fraction of sp³-hybridized carbons (Fsp3) is 0.769. The van der Waals surface area contributed by atoms with Crippen LogP contribution in [0.5, 0.6) is 0 Å². The molecule has 0 saturated heterocycles. The van der Waals surface area contributed by atoms with Gasteiger partial charge in [0.1, 0.15) is 0 Å². The van der Waals surface area contributed by atoms with Gasteiger partial charge >= 0.3 is 0 Å². The summed E-state index contributed by atoms with van der Waals surface area (Å²) in [6, 6.07) is 0.571. The summed E-state index contributed by atoms with van der Waals surface area (Å²) < 4.78 is 3.14. The van der Waals surface area contributed by atoms with Crippen LogP contribution in [0, 0.1) is 0 Å². The zero-order valence-corrected chi connectivity index (χ0v) is 13.0. The molecule has 0 saturated carbocycles. The predicted molar refractivity (Wildman–Crippen MR) is 76.1 cm³/mol. The van der Waals surface area contributed by atoms with Crippen molar-refractivity contribution in [3.63, 3.8) is 0 Å². The quantitative estimate of drug-likeness (QED) is 0.836. The molecule has 0 fully saturated rings. The van der Waals surface area contributed by atoms with Crippen LogP contribution in [-0.2, 0) is 20.0 Å². The van der Waals surface area contributed by atoms with Gasteiger partial charge in [0.05, 0.1) is 15.9 Å². The molecule has 0 aliphatic carbocycles. The van der Waals surface area contributed by atoms with Gasteiger partial charge in [0.2, 0.25) is 0 Å². The van der Waals surface area contributed by atoms with E-state index in [0.717, 1.165) is 23.1 Å². The molecule has 0 aromatic carbocycles. The van der Waals surface area contributed by atoms with E-state index < -0.39 is 0 Å². The minimum Gasteiger partial charge on any atom is -0.309 e. The normalized spacial score (nSPS) is 13.0. The number of hydrogen-bond donors (Lipinski definition) is 1. The van der Waals surface area contributed by atoms with Gasteiger partial charge in [-0.3, -0.25) is 4.68 Å². The molecule has 0 aliphatic heterocycles. The van der Waals surface area contributed by atoms with Gasteiger partial charge in [0.15, 0.2) is 0 Å². The summed E-state index contributed by atoms with van der Waals surface area (Å²) in [4.78, 5) is 0. The molecule has 1 aromatic heterocycles. The van der Waals surface area contributed by atoms with E-state index >= 15 is 0 Å². The van der Waals surface area contributed by atoms with Crippen LogP contribution < -0.4 is 5.32 Å². The van der Waals surface area contributed by atoms with E-state index in [1.165, 1.54) is 25.0 Å². The lowest BCUT2D eigenvalue weighted by molar-refractivity contribution is 0.483. The molecule has 1 N–H and O–H groups in total. The first-order chi connectivity index (χ1) is 8.10. The van der Waals surface area contributed by atoms with Gasteiger partial charge < -0.3 is 5.32 Å². The maximum atomic E-state index is 4.50. The van der Waals surface area contributed by atoms with E-state index in [1.807, 2.05) is 11.7 Å². The molecule has 4 heteroatoms. The van der Waals surface area contributed by atoms with E-state index in [1.54, 1.807) is 0 Å². The lowest BCUT2D eigenvalue weighted by Crippen LogP contribution is -2.26. The highest BCUT2D eigenvalue weighted by atomic mass is 79.9. The highest BCUT2D eigenvalue weighted by Gasteiger charge is 2.12. The van der Waals surface area contributed by atoms with Gasteiger partial charge in [-0.05, 0) is 35.7 Å². The summed E-state index contributed by atoms with van der Waals surface area (Å²) in [5, 5.41) is 8.06. The van der Waals surface area contributed by atoms with Crippen LogP contribution in [0.1, 0.15) is 51.4 Å². The highest BCUT2D eigenvalue weighted by molar-refractivity contribution is 9.10. The van der Waals surface area contributed by atoms with Crippen molar-refractivity contribution < 1.29 is 0 Å². The minimum absolute atomic E-state index is 0.571. The van der Waals surface area contributed by atoms with E-state index in [4.69, 9.17) is 0 Å². The van der Waals surface area contributed by atoms with Crippen molar-refractivity contribution in [2.24, 2.45) is 7.05 Å². The zero-order chi connectivity index (χ0) is 12.8. The molecule has 0 bridgehead atoms. The Bertz CT molecular complexity index is 347. The molecule has 0 amide bonds. The maximum absolute atomic E-state index is 4.50. The van der Waals surface area contributed by atoms with Gasteiger partial charge in [0, 0.05) is 19.6 Å². The van der Waals surface area contributed by atoms with Crippen LogP contribution in [0.2, 0.25) is 0 Å². The Balaban J connectivity index is 2.54. The third kappa shape index (κ3) is 4.11. The Labute approximate surface area is 113 Å². The van der Waals surface area contributed by atoms with Crippen molar-refractivity contribution in [2.75, 3.05) is 0 Å². The van der Waals surface area contributed by atoms with E-state index in [0.29, 0.717) is 6.04 Å². The lowest BCUT2D eigenvalue weighted by Gasteiger charge is -2.13. The second-order valence-electron chi connectivity index (χ2n) is 4.61. The number of nitrogens with one attached hydrogen (secondary N) is 1. The van der Waals surface area contributed by atoms with Crippen molar-refractivity contribution in [1.82, 2.24) is 15.1 Å². The Morgan fingerprint density at radius 3 is 2.65 bits per heavy atom. The van der Waals surface area contributed by atoms with Crippen LogP contribution in [-0.4, -0.2) is 15.8 Å². The second kappa shape index (κ2) is 7.17. The average molecular weight is 302 g/mol. The maximum Gasteiger partial charge on any atom is 0.0767 e. The van der Waals surface area contributed by atoms with Crippen LogP contribution in [0.4, 0.5) is 0 Å². The summed E-state index contributed by atoms with van der Waals surface area (Å²) in [6.07, 6.45) is 4.77. The van der Waals surface area contributed by atoms with Gasteiger partial charge in [-0.1, -0.05) is 26.7 Å². The van der Waals surface area contributed by atoms with E-state index in [9.17, 15) is 0 Å². The Morgan fingerprint density at radius 1 is 1.41 bits per heavy atom. The third-order valence-electron chi connectivity index (χ3n) is 3.11. The third-order valence-corrected chi connectivity index (χ3v) is 4.03. The first-order valence-corrected chi connectivity index (χ1v) is 7.33. The second-order valence-corrected chi connectivity index (χ2v) is 5.40. The van der Waals surface area contributed by atoms with Gasteiger partial charge in [0.25, 0.3) is 0 Å². The van der Waals surface area contributed by atoms with Crippen molar-refractivity contribution in [1.29, 1.82) is 0 Å². The van der Waals surface area contributed by atoms with Crippen LogP contribution in [0.3, 0.4) is 0 Å². The molecule has 17 heavy (non-hydrogen) atoms. The van der Waals surface area contributed by atoms with E-state index in [-0.39, 0.29) is 0 Å². The van der Waals surface area contributed by atoms with E-state index in [2.05, 4.69) is 47.1 Å². The van der Waals surface area contributed by atoms with Crippen molar-refractivity contribution in [3.8, 4) is 0 Å². The summed E-state index contributed by atoms with van der Waals surface area (Å²) in [7, 11) is 2.01. The first kappa shape index (κ1) is 14.7. The summed E-state index contributed by atoms with van der Waals surface area (Å²) in [5.41, 5.74) is 2.38. The van der Waals surface area contributed by atoms with Crippen molar-refractivity contribution in [3.05, 3.63) is 15.9 Å². The number of nitrogens with zero attached hydrogens (tertiary/aromatic N) is 2. The summed E-state index contributed by atoms with van der Waals surface area (Å²) in [5.74, 6) is 0. The standard InChI is InChI=1S/C13H24BrN3/c1-5-7-8-10(3)15-9-12-13(14)11(6-2)16-17(12)4/h10,15H,5-9H2,1-4H3. The molecule has 1 heterocycles. The Morgan fingerprint density at radius 2 is 2.12 bits per heavy atom. The number of aromatic nitrogens is 2. The molecular formula is C13H24BrN3. The molecular weight excluding hydrogens is 278 g/mol. The Hall–Kier alpha value is -0.350. The van der Waals surface area contributed by atoms with Gasteiger partial charge in [-0.25, -0.2) is 0 Å². The molecule has 1 rings (SSSR count). The monoisotopic (exact) mass is 301 g/mol. The number of hydrogen-bond acceptors (Lipinski definition) is 2. The number of unbranched alkanes of at least 4 members (excludes halogenated alkanes) is 1.